The van der Waals surface area contributed by atoms with Crippen LogP contribution in [0.1, 0.15) is 0 Å². The van der Waals surface area contributed by atoms with E-state index in [9.17, 15) is 9.90 Å². The molecule has 106 valence electrons. The molecule has 2 bridgehead atoms. The zero-order valence-corrected chi connectivity index (χ0v) is 19.9. The molecule has 4 atom stereocenters. The predicted octanol–water partition coefficient (Wildman–Crippen LogP) is 2.94. The van der Waals surface area contributed by atoms with Gasteiger partial charge in [-0.05, 0) is 5.90 Å². The van der Waals surface area contributed by atoms with Gasteiger partial charge in [0.1, 0.15) is 9.75 Å². The summed E-state index contributed by atoms with van der Waals surface area (Å²) in [5.41, 5.74) is 0. The van der Waals surface area contributed by atoms with Crippen LogP contribution in [0.4, 0.5) is 0 Å². The Morgan fingerprint density at radius 1 is 1.05 bits per heavy atom. The van der Waals surface area contributed by atoms with Crippen LogP contribution in [0, 0.1) is 11.8 Å². The van der Waals surface area contributed by atoms with Gasteiger partial charge >= 0.3 is 30.6 Å². The number of carbonyl (C=O) groups excluding carboxylic acids is 1. The monoisotopic (exact) mass is 583 g/mol. The number of carbonyl (C=O) groups is 1. The normalized spacial score (nSPS) is 44.2. The Kier molecular flexibility index (Phi) is 4.73. The topological polar surface area (TPSA) is 52.5 Å². The molecule has 3 rings (SSSR count). The Balaban J connectivity index is 0.000000704. The van der Waals surface area contributed by atoms with E-state index in [1.165, 1.54) is 0 Å². The molecule has 10 heteroatoms. The van der Waals surface area contributed by atoms with E-state index >= 15 is 0 Å². The third-order valence-corrected chi connectivity index (χ3v) is 7.95. The van der Waals surface area contributed by atoms with Gasteiger partial charge in [-0.2, -0.15) is 0 Å². The van der Waals surface area contributed by atoms with E-state index in [2.05, 4.69) is 9.42 Å². The molecule has 1 heterocycles. The zero-order chi connectivity index (χ0) is 15.7. The molecule has 1 saturated carbocycles. The molecule has 0 saturated heterocycles. The van der Waals surface area contributed by atoms with Gasteiger partial charge < -0.3 is 5.11 Å². The average molecular weight is 584 g/mol. The molecule has 2 unspecified atom stereocenters. The van der Waals surface area contributed by atoms with E-state index in [1.807, 2.05) is 0 Å². The van der Waals surface area contributed by atoms with Gasteiger partial charge in [-0.25, -0.2) is 4.99 Å². The molecule has 0 aromatic carbocycles. The van der Waals surface area contributed by atoms with Gasteiger partial charge in [0.15, 0.2) is 4.33 Å². The van der Waals surface area contributed by atoms with E-state index in [-0.39, 0.29) is 10.1 Å². The molecule has 1 aliphatic heterocycles. The standard InChI is InChI=1S/C9H3Cl6NO2.CH3.Hg/c10-3-4(11)8(13)2-1(5(17)16-6(2)18)7(3,12)9(8,14)15;;/h1-2H,(H,16,17,18);1H3;/q;;+1/p-1/t1?,2?,7-,8+;;. The van der Waals surface area contributed by atoms with Crippen LogP contribution in [0.15, 0.2) is 15.1 Å². The number of nitrogens with zero attached hydrogens (tertiary/aromatic N) is 1. The van der Waals surface area contributed by atoms with Crippen LogP contribution in [0.25, 0.3) is 0 Å². The first-order valence-corrected chi connectivity index (χ1v) is 13.2. The first-order chi connectivity index (χ1) is 9.11. The molecule has 1 fully saturated rings. The SMILES string of the molecule is O=C1N=C([O-])C2C1[C@]1(Cl)C(Cl)=C(Cl)[C@@]2(Cl)C1(Cl)Cl.[CH3][Hg+]. The second-order valence-corrected chi connectivity index (χ2v) is 7.65. The van der Waals surface area contributed by atoms with Gasteiger partial charge in [0.05, 0.1) is 16.0 Å². The minimum absolute atomic E-state index is 0.106. The fraction of sp³-hybridized carbons (Fsp3) is 0.600. The Morgan fingerprint density at radius 2 is 1.45 bits per heavy atom. The Bertz CT molecular complexity index is 564. The van der Waals surface area contributed by atoms with Crippen LogP contribution in [-0.2, 0) is 30.9 Å². The van der Waals surface area contributed by atoms with Crippen molar-refractivity contribution in [3.05, 3.63) is 10.1 Å². The van der Waals surface area contributed by atoms with Gasteiger partial charge in [0, 0.05) is 5.92 Å². The van der Waals surface area contributed by atoms with E-state index in [0.717, 1.165) is 26.1 Å². The van der Waals surface area contributed by atoms with Crippen LogP contribution in [0.5, 0.6) is 0 Å². The van der Waals surface area contributed by atoms with Crippen molar-refractivity contribution in [2.75, 3.05) is 0 Å². The summed E-state index contributed by atoms with van der Waals surface area (Å²) in [6.07, 6.45) is 0. The molecular weight excluding hydrogens is 579 g/mol. The van der Waals surface area contributed by atoms with E-state index in [4.69, 9.17) is 69.6 Å². The summed E-state index contributed by atoms with van der Waals surface area (Å²) in [5, 5.41) is 11.6. The third-order valence-electron chi connectivity index (χ3n) is 3.69. The molecule has 0 N–H and O–H groups in total. The fourth-order valence-corrected chi connectivity index (χ4v) is 5.79. The first kappa shape index (κ1) is 17.9. The number of allylic oxidation sites excluding steroid dienone is 2. The van der Waals surface area contributed by atoms with Crippen LogP contribution in [0.2, 0.25) is 4.43 Å². The fourth-order valence-electron chi connectivity index (χ4n) is 2.86. The van der Waals surface area contributed by atoms with Crippen molar-refractivity contribution in [1.29, 1.82) is 0 Å². The molecule has 0 radical (unpaired) electrons. The summed E-state index contributed by atoms with van der Waals surface area (Å²) in [6, 6.07) is 0. The number of hydrogen-bond acceptors (Lipinski definition) is 2. The van der Waals surface area contributed by atoms with Crippen molar-refractivity contribution < 1.29 is 36.0 Å². The summed E-state index contributed by atoms with van der Waals surface area (Å²) in [6.45, 7) is 0. The molecule has 3 aliphatic rings. The van der Waals surface area contributed by atoms with Crippen LogP contribution < -0.4 is 5.11 Å². The van der Waals surface area contributed by atoms with E-state index in [0.29, 0.717) is 0 Å². The molecule has 0 aromatic heterocycles. The summed E-state index contributed by atoms with van der Waals surface area (Å²) in [7, 11) is 0. The Hall–Kier alpha value is 1.56. The molecule has 2 aliphatic carbocycles. The number of fused-ring (bicyclic) bond motifs is 5. The number of rotatable bonds is 0. The minimum atomic E-state index is -1.87. The average Bonchev–Trinajstić information content (AvgIpc) is 2.81. The molecule has 1 amide bonds. The second kappa shape index (κ2) is 5.29. The molecule has 3 nitrogen and oxygen atoms in total. The molecule has 0 spiro atoms. The molecule has 20 heavy (non-hydrogen) atoms. The molecule has 0 aromatic rings. The zero-order valence-electron chi connectivity index (χ0n) is 9.89. The van der Waals surface area contributed by atoms with Gasteiger partial charge in [0.2, 0.25) is 0 Å². The predicted molar refractivity (Wildman–Crippen MR) is 75.6 cm³/mol. The van der Waals surface area contributed by atoms with E-state index < -0.39 is 37.7 Å². The van der Waals surface area contributed by atoms with Crippen molar-refractivity contribution in [3.63, 3.8) is 0 Å². The summed E-state index contributed by atoms with van der Waals surface area (Å²) in [5.74, 6) is -3.63. The van der Waals surface area contributed by atoms with Gasteiger partial charge in [0.25, 0.3) is 5.91 Å². The third kappa shape index (κ3) is 1.67. The van der Waals surface area contributed by atoms with Gasteiger partial charge in [-0.15, -0.1) is 23.2 Å². The number of halogens is 6. The van der Waals surface area contributed by atoms with Crippen LogP contribution in [0.3, 0.4) is 0 Å². The number of hydrogen-bond donors (Lipinski definition) is 0. The number of aliphatic imine (C=N–C) groups is 1. The quantitative estimate of drug-likeness (QED) is 0.325. The summed E-state index contributed by atoms with van der Waals surface area (Å²) < 4.78 is 0.327. The number of amides is 1. The van der Waals surface area contributed by atoms with Crippen molar-refractivity contribution in [2.24, 2.45) is 16.8 Å². The van der Waals surface area contributed by atoms with Crippen LogP contribution in [-0.4, -0.2) is 25.9 Å². The van der Waals surface area contributed by atoms with Gasteiger partial charge in [-0.3, -0.25) is 4.79 Å². The summed E-state index contributed by atoms with van der Waals surface area (Å²) in [4.78, 5) is 11.6. The molecular formula is C10H5Cl6HgNO2. The van der Waals surface area contributed by atoms with Crippen molar-refractivity contribution in [2.45, 2.75) is 18.5 Å². The van der Waals surface area contributed by atoms with Crippen LogP contribution >= 0.6 is 69.6 Å². The van der Waals surface area contributed by atoms with Crippen molar-refractivity contribution >= 4 is 81.4 Å². The second-order valence-electron chi connectivity index (χ2n) is 4.37. The first-order valence-electron chi connectivity index (χ1n) is 5.43. The van der Waals surface area contributed by atoms with Gasteiger partial charge in [-0.1, -0.05) is 46.4 Å². The Labute approximate surface area is 161 Å². The van der Waals surface area contributed by atoms with Crippen molar-refractivity contribution in [1.82, 2.24) is 0 Å². The maximum atomic E-state index is 11.8. The maximum absolute atomic E-state index is 11.8. The van der Waals surface area contributed by atoms with Crippen molar-refractivity contribution in [3.8, 4) is 0 Å². The summed E-state index contributed by atoms with van der Waals surface area (Å²) >= 11 is 38.1. The Morgan fingerprint density at radius 3 is 1.90 bits per heavy atom. The van der Waals surface area contributed by atoms with E-state index in [1.54, 1.807) is 0 Å². The number of alkyl halides is 4.